The zero-order chi connectivity index (χ0) is 19.7. The lowest BCUT2D eigenvalue weighted by atomic mass is 10.1. The van der Waals surface area contributed by atoms with Gasteiger partial charge in [-0.15, -0.1) is 0 Å². The first kappa shape index (κ1) is 20.7. The van der Waals surface area contributed by atoms with Crippen molar-refractivity contribution < 1.29 is 9.59 Å². The summed E-state index contributed by atoms with van der Waals surface area (Å²) < 4.78 is 0. The highest BCUT2D eigenvalue weighted by Crippen LogP contribution is 2.12. The summed E-state index contributed by atoms with van der Waals surface area (Å²) in [5, 5.41) is 23.6. The third-order valence-corrected chi connectivity index (χ3v) is 3.13. The standard InChI is InChI=1S/C20H22N4O2/c1-13(2)23-19(25)17(11-21)9-15-5-7-16(8-6-15)10-18(12-22)20(26)24-14(3)4/h5-10,13-14H,1-4H3,(H,23,25)(H,24,26)/b17-9+,18-10+. The fourth-order valence-electron chi connectivity index (χ4n) is 2.00. The number of rotatable bonds is 6. The van der Waals surface area contributed by atoms with Crippen LogP contribution < -0.4 is 10.6 Å². The Kier molecular flexibility index (Phi) is 7.79. The van der Waals surface area contributed by atoms with E-state index in [1.54, 1.807) is 24.3 Å². The van der Waals surface area contributed by atoms with E-state index < -0.39 is 11.8 Å². The Balaban J connectivity index is 3.01. The summed E-state index contributed by atoms with van der Waals surface area (Å²) in [6.07, 6.45) is 2.98. The van der Waals surface area contributed by atoms with Gasteiger partial charge in [-0.25, -0.2) is 0 Å². The van der Waals surface area contributed by atoms with E-state index in [0.717, 1.165) is 0 Å². The van der Waals surface area contributed by atoms with Crippen LogP contribution >= 0.6 is 0 Å². The van der Waals surface area contributed by atoms with Crippen LogP contribution in [0.5, 0.6) is 0 Å². The number of carbonyl (C=O) groups is 2. The molecule has 0 saturated carbocycles. The highest BCUT2D eigenvalue weighted by molar-refractivity contribution is 6.02. The molecule has 134 valence electrons. The predicted octanol–water partition coefficient (Wildman–Crippen LogP) is 2.55. The summed E-state index contributed by atoms with van der Waals surface area (Å²) >= 11 is 0. The van der Waals surface area contributed by atoms with E-state index in [4.69, 9.17) is 10.5 Å². The molecule has 0 aliphatic rings. The fraction of sp³-hybridized carbons (Fsp3) is 0.300. The van der Waals surface area contributed by atoms with Crippen molar-refractivity contribution >= 4 is 24.0 Å². The number of hydrogen-bond acceptors (Lipinski definition) is 4. The first-order valence-corrected chi connectivity index (χ1v) is 8.22. The largest absolute Gasteiger partial charge is 0.349 e. The molecule has 0 saturated heterocycles. The van der Waals surface area contributed by atoms with E-state index in [1.807, 2.05) is 39.8 Å². The van der Waals surface area contributed by atoms with Gasteiger partial charge in [0, 0.05) is 12.1 Å². The molecule has 0 fully saturated rings. The first-order chi connectivity index (χ1) is 12.3. The van der Waals surface area contributed by atoms with Gasteiger partial charge in [0.15, 0.2) is 0 Å². The maximum atomic E-state index is 11.9. The molecule has 2 amide bonds. The highest BCUT2D eigenvalue weighted by Gasteiger charge is 2.11. The summed E-state index contributed by atoms with van der Waals surface area (Å²) in [5.41, 5.74) is 1.36. The lowest BCUT2D eigenvalue weighted by Gasteiger charge is -2.07. The number of nitrogens with one attached hydrogen (secondary N) is 2. The Hall–Kier alpha value is -3.38. The van der Waals surface area contributed by atoms with Gasteiger partial charge in [0.25, 0.3) is 11.8 Å². The number of hydrogen-bond donors (Lipinski definition) is 2. The Labute approximate surface area is 153 Å². The van der Waals surface area contributed by atoms with Gasteiger partial charge in [0.05, 0.1) is 0 Å². The molecule has 0 spiro atoms. The van der Waals surface area contributed by atoms with Gasteiger partial charge in [0.1, 0.15) is 23.3 Å². The first-order valence-electron chi connectivity index (χ1n) is 8.22. The molecular formula is C20H22N4O2. The second kappa shape index (κ2) is 9.80. The van der Waals surface area contributed by atoms with Crippen LogP contribution in [-0.2, 0) is 9.59 Å². The van der Waals surface area contributed by atoms with Crippen LogP contribution in [-0.4, -0.2) is 23.9 Å². The molecule has 0 atom stereocenters. The van der Waals surface area contributed by atoms with Crippen LogP contribution in [0.15, 0.2) is 35.4 Å². The molecule has 26 heavy (non-hydrogen) atoms. The summed E-state index contributed by atoms with van der Waals surface area (Å²) in [7, 11) is 0. The van der Waals surface area contributed by atoms with E-state index >= 15 is 0 Å². The molecule has 0 aromatic heterocycles. The third kappa shape index (κ3) is 6.62. The molecule has 1 aromatic carbocycles. The van der Waals surface area contributed by atoms with Gasteiger partial charge in [-0.1, -0.05) is 24.3 Å². The summed E-state index contributed by atoms with van der Waals surface area (Å²) in [6.45, 7) is 7.26. The molecule has 6 heteroatoms. The van der Waals surface area contributed by atoms with Crippen LogP contribution in [0.3, 0.4) is 0 Å². The SMILES string of the molecule is CC(C)NC(=O)/C(C#N)=C/c1ccc(/C=C(\C#N)C(=O)NC(C)C)cc1. The molecule has 0 aliphatic carbocycles. The van der Waals surface area contributed by atoms with Crippen LogP contribution in [0.25, 0.3) is 12.2 Å². The minimum Gasteiger partial charge on any atom is -0.349 e. The molecule has 2 N–H and O–H groups in total. The minimum absolute atomic E-state index is 0.0102. The maximum Gasteiger partial charge on any atom is 0.262 e. The number of nitrogens with zero attached hydrogens (tertiary/aromatic N) is 2. The molecule has 0 aliphatic heterocycles. The highest BCUT2D eigenvalue weighted by atomic mass is 16.2. The van der Waals surface area contributed by atoms with E-state index in [1.165, 1.54) is 12.2 Å². The molecule has 1 rings (SSSR count). The van der Waals surface area contributed by atoms with Gasteiger partial charge in [-0.2, -0.15) is 10.5 Å². The van der Waals surface area contributed by atoms with E-state index in [0.29, 0.717) is 11.1 Å². The molecule has 0 radical (unpaired) electrons. The Bertz CT molecular complexity index is 735. The van der Waals surface area contributed by atoms with Crippen molar-refractivity contribution in [3.8, 4) is 12.1 Å². The Morgan fingerprint density at radius 1 is 0.808 bits per heavy atom. The van der Waals surface area contributed by atoms with Crippen molar-refractivity contribution in [2.24, 2.45) is 0 Å². The van der Waals surface area contributed by atoms with Crippen LogP contribution in [0.2, 0.25) is 0 Å². The third-order valence-electron chi connectivity index (χ3n) is 3.13. The second-order valence-electron chi connectivity index (χ2n) is 6.26. The van der Waals surface area contributed by atoms with Gasteiger partial charge >= 0.3 is 0 Å². The monoisotopic (exact) mass is 350 g/mol. The molecule has 6 nitrogen and oxygen atoms in total. The zero-order valence-corrected chi connectivity index (χ0v) is 15.3. The van der Waals surface area contributed by atoms with Crippen molar-refractivity contribution in [1.29, 1.82) is 10.5 Å². The van der Waals surface area contributed by atoms with Crippen molar-refractivity contribution in [3.05, 3.63) is 46.5 Å². The van der Waals surface area contributed by atoms with Crippen LogP contribution in [0, 0.1) is 22.7 Å². The number of nitriles is 2. The van der Waals surface area contributed by atoms with Crippen molar-refractivity contribution in [1.82, 2.24) is 10.6 Å². The lowest BCUT2D eigenvalue weighted by molar-refractivity contribution is -0.118. The summed E-state index contributed by atoms with van der Waals surface area (Å²) in [6, 6.07) is 10.5. The molecular weight excluding hydrogens is 328 g/mol. The number of amides is 2. The maximum absolute atomic E-state index is 11.9. The van der Waals surface area contributed by atoms with Gasteiger partial charge in [0.2, 0.25) is 0 Å². The normalized spacial score (nSPS) is 11.7. The molecule has 0 unspecified atom stereocenters. The van der Waals surface area contributed by atoms with E-state index in [2.05, 4.69) is 10.6 Å². The quantitative estimate of drug-likeness (QED) is 0.607. The van der Waals surface area contributed by atoms with Crippen molar-refractivity contribution in [3.63, 3.8) is 0 Å². The van der Waals surface area contributed by atoms with Crippen molar-refractivity contribution in [2.45, 2.75) is 39.8 Å². The van der Waals surface area contributed by atoms with Crippen LogP contribution in [0.1, 0.15) is 38.8 Å². The molecule has 0 heterocycles. The Morgan fingerprint density at radius 2 is 1.12 bits per heavy atom. The van der Waals surface area contributed by atoms with E-state index in [-0.39, 0.29) is 23.2 Å². The van der Waals surface area contributed by atoms with E-state index in [9.17, 15) is 9.59 Å². The number of benzene rings is 1. The second-order valence-corrected chi connectivity index (χ2v) is 6.26. The average molecular weight is 350 g/mol. The molecule has 1 aromatic rings. The molecule has 0 bridgehead atoms. The number of carbonyl (C=O) groups excluding carboxylic acids is 2. The minimum atomic E-state index is -0.427. The van der Waals surface area contributed by atoms with Crippen molar-refractivity contribution in [2.75, 3.05) is 0 Å². The topological polar surface area (TPSA) is 106 Å². The predicted molar refractivity (Wildman–Crippen MR) is 100 cm³/mol. The lowest BCUT2D eigenvalue weighted by Crippen LogP contribution is -2.31. The summed E-state index contributed by atoms with van der Waals surface area (Å²) in [4.78, 5) is 23.8. The van der Waals surface area contributed by atoms with Gasteiger partial charge in [-0.05, 0) is 51.0 Å². The van der Waals surface area contributed by atoms with Gasteiger partial charge < -0.3 is 10.6 Å². The fourth-order valence-corrected chi connectivity index (χ4v) is 2.00. The zero-order valence-electron chi connectivity index (χ0n) is 15.3. The summed E-state index contributed by atoms with van der Waals surface area (Å²) in [5.74, 6) is -0.854. The average Bonchev–Trinajstić information content (AvgIpc) is 2.57. The van der Waals surface area contributed by atoms with Crippen LogP contribution in [0.4, 0.5) is 0 Å². The smallest absolute Gasteiger partial charge is 0.262 e. The Morgan fingerprint density at radius 3 is 1.35 bits per heavy atom. The van der Waals surface area contributed by atoms with Gasteiger partial charge in [-0.3, -0.25) is 9.59 Å².